The van der Waals surface area contributed by atoms with Crippen LogP contribution in [-0.2, 0) is 14.3 Å². The lowest BCUT2D eigenvalue weighted by molar-refractivity contribution is -0.141. The van der Waals surface area contributed by atoms with E-state index in [0.717, 1.165) is 12.0 Å². The number of ether oxygens (including phenoxy) is 2. The molecule has 0 aromatic carbocycles. The van der Waals surface area contributed by atoms with E-state index in [1.54, 1.807) is 0 Å². The van der Waals surface area contributed by atoms with E-state index >= 15 is 0 Å². The molecule has 0 saturated heterocycles. The molecule has 0 aromatic rings. The van der Waals surface area contributed by atoms with Crippen molar-refractivity contribution in [3.8, 4) is 0 Å². The standard InChI is InChI=1S/C14H22O3/c1-6-7-12-8-10(2)13(9-16-11(3)15)14(4,5)17-12/h6-7,12H,8-9H2,1-5H3/b7-6+/t12-/m1/s1. The lowest BCUT2D eigenvalue weighted by atomic mass is 9.87. The maximum atomic E-state index is 10.9. The molecular formula is C14H22O3. The largest absolute Gasteiger partial charge is 0.461 e. The van der Waals surface area contributed by atoms with E-state index in [1.807, 2.05) is 26.8 Å². The van der Waals surface area contributed by atoms with Crippen molar-refractivity contribution in [3.05, 3.63) is 23.3 Å². The highest BCUT2D eigenvalue weighted by Crippen LogP contribution is 2.34. The highest BCUT2D eigenvalue weighted by molar-refractivity contribution is 5.66. The van der Waals surface area contributed by atoms with Crippen LogP contribution in [0.4, 0.5) is 0 Å². The van der Waals surface area contributed by atoms with Gasteiger partial charge in [0.15, 0.2) is 0 Å². The van der Waals surface area contributed by atoms with E-state index in [2.05, 4.69) is 13.0 Å². The van der Waals surface area contributed by atoms with E-state index in [1.165, 1.54) is 12.5 Å². The monoisotopic (exact) mass is 238 g/mol. The fourth-order valence-corrected chi connectivity index (χ4v) is 2.22. The summed E-state index contributed by atoms with van der Waals surface area (Å²) in [6.07, 6.45) is 5.06. The molecule has 0 aliphatic carbocycles. The number of rotatable bonds is 3. The molecule has 0 radical (unpaired) electrons. The van der Waals surface area contributed by atoms with E-state index in [0.29, 0.717) is 6.61 Å². The Labute approximate surface area is 103 Å². The number of allylic oxidation sites excluding steroid dienone is 1. The number of carbonyl (C=O) groups is 1. The Bertz CT molecular complexity index is 350. The van der Waals surface area contributed by atoms with Crippen LogP contribution in [0.5, 0.6) is 0 Å². The second-order valence-corrected chi connectivity index (χ2v) is 4.94. The molecule has 1 heterocycles. The number of hydrogen-bond acceptors (Lipinski definition) is 3. The van der Waals surface area contributed by atoms with Gasteiger partial charge in [-0.1, -0.05) is 17.7 Å². The molecule has 0 aromatic heterocycles. The third-order valence-electron chi connectivity index (χ3n) is 3.02. The number of hydrogen-bond donors (Lipinski definition) is 0. The third kappa shape index (κ3) is 3.70. The zero-order valence-electron chi connectivity index (χ0n) is 11.4. The van der Waals surface area contributed by atoms with Crippen LogP contribution in [0.3, 0.4) is 0 Å². The van der Waals surface area contributed by atoms with Gasteiger partial charge in [0.1, 0.15) is 6.61 Å². The Kier molecular flexibility index (Phi) is 4.52. The van der Waals surface area contributed by atoms with Gasteiger partial charge in [-0.25, -0.2) is 0 Å². The van der Waals surface area contributed by atoms with Crippen LogP contribution < -0.4 is 0 Å². The fraction of sp³-hybridized carbons (Fsp3) is 0.643. The van der Waals surface area contributed by atoms with Crippen molar-refractivity contribution in [1.82, 2.24) is 0 Å². The first-order valence-corrected chi connectivity index (χ1v) is 6.00. The van der Waals surface area contributed by atoms with Crippen LogP contribution in [0, 0.1) is 0 Å². The summed E-state index contributed by atoms with van der Waals surface area (Å²) in [6, 6.07) is 0. The zero-order valence-corrected chi connectivity index (χ0v) is 11.4. The van der Waals surface area contributed by atoms with Crippen molar-refractivity contribution >= 4 is 5.97 Å². The molecule has 96 valence electrons. The average molecular weight is 238 g/mol. The van der Waals surface area contributed by atoms with Crippen LogP contribution >= 0.6 is 0 Å². The van der Waals surface area contributed by atoms with Crippen LogP contribution in [0.1, 0.15) is 41.0 Å². The highest BCUT2D eigenvalue weighted by Gasteiger charge is 2.33. The molecule has 17 heavy (non-hydrogen) atoms. The van der Waals surface area contributed by atoms with Crippen LogP contribution in [0.25, 0.3) is 0 Å². The topological polar surface area (TPSA) is 35.5 Å². The van der Waals surface area contributed by atoms with Crippen molar-refractivity contribution in [2.45, 2.75) is 52.7 Å². The van der Waals surface area contributed by atoms with Crippen LogP contribution in [0.15, 0.2) is 23.3 Å². The fourth-order valence-electron chi connectivity index (χ4n) is 2.22. The van der Waals surface area contributed by atoms with Gasteiger partial charge in [-0.15, -0.1) is 0 Å². The SMILES string of the molecule is C/C=C/[C@@H]1CC(C)=C(COC(C)=O)C(C)(C)O1. The minimum Gasteiger partial charge on any atom is -0.461 e. The van der Waals surface area contributed by atoms with E-state index in [9.17, 15) is 4.79 Å². The smallest absolute Gasteiger partial charge is 0.302 e. The van der Waals surface area contributed by atoms with Crippen molar-refractivity contribution in [1.29, 1.82) is 0 Å². The Balaban J connectivity index is 2.85. The molecule has 0 amide bonds. The molecule has 0 unspecified atom stereocenters. The Morgan fingerprint density at radius 3 is 2.71 bits per heavy atom. The summed E-state index contributed by atoms with van der Waals surface area (Å²) in [4.78, 5) is 10.9. The van der Waals surface area contributed by atoms with Crippen molar-refractivity contribution in [2.75, 3.05) is 6.61 Å². The minimum atomic E-state index is -0.373. The van der Waals surface area contributed by atoms with Crippen molar-refractivity contribution in [3.63, 3.8) is 0 Å². The van der Waals surface area contributed by atoms with Gasteiger partial charge in [-0.05, 0) is 39.7 Å². The molecule has 0 saturated carbocycles. The van der Waals surface area contributed by atoms with Gasteiger partial charge < -0.3 is 9.47 Å². The summed E-state index contributed by atoms with van der Waals surface area (Å²) < 4.78 is 11.1. The summed E-state index contributed by atoms with van der Waals surface area (Å²) in [7, 11) is 0. The second-order valence-electron chi connectivity index (χ2n) is 4.94. The summed E-state index contributed by atoms with van der Waals surface area (Å²) in [6.45, 7) is 9.87. The maximum absolute atomic E-state index is 10.9. The summed E-state index contributed by atoms with van der Waals surface area (Å²) in [5.74, 6) is -0.253. The summed E-state index contributed by atoms with van der Waals surface area (Å²) in [5.41, 5.74) is 1.96. The normalized spacial score (nSPS) is 24.2. The molecule has 0 fully saturated rings. The molecule has 1 aliphatic rings. The van der Waals surface area contributed by atoms with Crippen molar-refractivity contribution in [2.24, 2.45) is 0 Å². The molecule has 0 N–H and O–H groups in total. The van der Waals surface area contributed by atoms with Gasteiger partial charge in [-0.3, -0.25) is 4.79 Å². The van der Waals surface area contributed by atoms with Gasteiger partial charge in [0, 0.05) is 6.92 Å². The van der Waals surface area contributed by atoms with Gasteiger partial charge >= 0.3 is 5.97 Å². The van der Waals surface area contributed by atoms with E-state index in [4.69, 9.17) is 9.47 Å². The van der Waals surface area contributed by atoms with E-state index < -0.39 is 0 Å². The minimum absolute atomic E-state index is 0.121. The predicted molar refractivity (Wildman–Crippen MR) is 67.7 cm³/mol. The van der Waals surface area contributed by atoms with Gasteiger partial charge in [0.25, 0.3) is 0 Å². The Morgan fingerprint density at radius 2 is 2.24 bits per heavy atom. The summed E-state index contributed by atoms with van der Waals surface area (Å²) >= 11 is 0. The first kappa shape index (κ1) is 14.0. The second kappa shape index (κ2) is 5.50. The van der Waals surface area contributed by atoms with Gasteiger partial charge in [-0.2, -0.15) is 0 Å². The summed E-state index contributed by atoms with van der Waals surface area (Å²) in [5, 5.41) is 0. The maximum Gasteiger partial charge on any atom is 0.302 e. The molecule has 1 aliphatic heterocycles. The molecule has 0 spiro atoms. The van der Waals surface area contributed by atoms with E-state index in [-0.39, 0.29) is 17.7 Å². The quantitative estimate of drug-likeness (QED) is 0.560. The first-order valence-electron chi connectivity index (χ1n) is 6.00. The number of esters is 1. The molecule has 0 bridgehead atoms. The molecule has 1 atom stereocenters. The number of carbonyl (C=O) groups excluding carboxylic acids is 1. The average Bonchev–Trinajstić information content (AvgIpc) is 2.14. The Morgan fingerprint density at radius 1 is 1.59 bits per heavy atom. The van der Waals surface area contributed by atoms with Gasteiger partial charge in [0.2, 0.25) is 0 Å². The lowest BCUT2D eigenvalue weighted by Gasteiger charge is -2.38. The molecule has 1 rings (SSSR count). The first-order chi connectivity index (χ1) is 7.86. The van der Waals surface area contributed by atoms with Crippen LogP contribution in [-0.4, -0.2) is 24.3 Å². The lowest BCUT2D eigenvalue weighted by Crippen LogP contribution is -2.39. The van der Waals surface area contributed by atoms with Gasteiger partial charge in [0.05, 0.1) is 11.7 Å². The predicted octanol–water partition coefficient (Wildman–Crippen LogP) is 3.01. The van der Waals surface area contributed by atoms with Crippen molar-refractivity contribution < 1.29 is 14.3 Å². The van der Waals surface area contributed by atoms with Crippen LogP contribution in [0.2, 0.25) is 0 Å². The third-order valence-corrected chi connectivity index (χ3v) is 3.02. The molecule has 3 nitrogen and oxygen atoms in total. The highest BCUT2D eigenvalue weighted by atomic mass is 16.5. The Hall–Kier alpha value is -1.09. The molecule has 3 heteroatoms. The molecular weight excluding hydrogens is 216 g/mol. The zero-order chi connectivity index (χ0) is 13.1.